The fraction of sp³-hybridized carbons (Fsp3) is 0.417. The molecule has 0 spiro atoms. The fourth-order valence-electron chi connectivity index (χ4n) is 1.51. The second kappa shape index (κ2) is 5.85. The maximum absolute atomic E-state index is 10.8. The Morgan fingerprint density at radius 2 is 2.41 bits per heavy atom. The van der Waals surface area contributed by atoms with Crippen LogP contribution in [0, 0.1) is 17.2 Å². The maximum atomic E-state index is 10.8. The third-order valence-corrected chi connectivity index (χ3v) is 2.50. The Labute approximate surface area is 100 Å². The zero-order chi connectivity index (χ0) is 12.8. The molecule has 0 radical (unpaired) electrons. The topological polar surface area (TPSA) is 77.2 Å². The molecule has 1 aromatic rings. The molecule has 1 heterocycles. The van der Waals surface area contributed by atoms with Gasteiger partial charge in [-0.05, 0) is 19.1 Å². The van der Waals surface area contributed by atoms with E-state index in [4.69, 9.17) is 10.4 Å². The largest absolute Gasteiger partial charge is 0.481 e. The summed E-state index contributed by atoms with van der Waals surface area (Å²) in [6.45, 7) is 4.51. The van der Waals surface area contributed by atoms with E-state index in [9.17, 15) is 4.79 Å². The maximum Gasteiger partial charge on any atom is 0.308 e. The van der Waals surface area contributed by atoms with Gasteiger partial charge in [-0.1, -0.05) is 6.92 Å². The van der Waals surface area contributed by atoms with Gasteiger partial charge in [-0.3, -0.25) is 4.79 Å². The zero-order valence-electron chi connectivity index (χ0n) is 9.92. The van der Waals surface area contributed by atoms with E-state index in [1.165, 1.54) is 0 Å². The Morgan fingerprint density at radius 1 is 1.71 bits per heavy atom. The number of hydrogen-bond donors (Lipinski definition) is 1. The lowest BCUT2D eigenvalue weighted by molar-refractivity contribution is -0.140. The summed E-state index contributed by atoms with van der Waals surface area (Å²) in [5.41, 5.74) is 0.465. The van der Waals surface area contributed by atoms with Crippen molar-refractivity contribution in [2.75, 3.05) is 18.0 Å². The molecule has 1 unspecified atom stereocenters. The predicted molar refractivity (Wildman–Crippen MR) is 63.6 cm³/mol. The number of nitrogens with zero attached hydrogens (tertiary/aromatic N) is 3. The van der Waals surface area contributed by atoms with Crippen LogP contribution in [0.4, 0.5) is 5.82 Å². The quantitative estimate of drug-likeness (QED) is 0.833. The Kier molecular flexibility index (Phi) is 4.46. The minimum atomic E-state index is -0.849. The van der Waals surface area contributed by atoms with Crippen molar-refractivity contribution in [3.05, 3.63) is 23.9 Å². The van der Waals surface area contributed by atoms with Gasteiger partial charge in [0.25, 0.3) is 0 Å². The Hall–Kier alpha value is -2.09. The van der Waals surface area contributed by atoms with Crippen LogP contribution in [-0.2, 0) is 4.79 Å². The Morgan fingerprint density at radius 3 is 2.94 bits per heavy atom. The number of aliphatic carboxylic acids is 1. The van der Waals surface area contributed by atoms with Gasteiger partial charge in [0.1, 0.15) is 11.9 Å². The van der Waals surface area contributed by atoms with E-state index in [-0.39, 0.29) is 0 Å². The van der Waals surface area contributed by atoms with Crippen molar-refractivity contribution in [3.8, 4) is 6.07 Å². The Balaban J connectivity index is 2.94. The Bertz CT molecular complexity index is 440. The molecule has 0 amide bonds. The summed E-state index contributed by atoms with van der Waals surface area (Å²) in [5.74, 6) is -0.799. The first-order chi connectivity index (χ1) is 8.10. The third kappa shape index (κ3) is 3.18. The van der Waals surface area contributed by atoms with Gasteiger partial charge in [0.2, 0.25) is 0 Å². The number of rotatable bonds is 5. The molecule has 5 nitrogen and oxygen atoms in total. The average Bonchev–Trinajstić information content (AvgIpc) is 2.35. The first kappa shape index (κ1) is 13.0. The van der Waals surface area contributed by atoms with Gasteiger partial charge in [0.15, 0.2) is 0 Å². The van der Waals surface area contributed by atoms with Crippen molar-refractivity contribution in [2.24, 2.45) is 5.92 Å². The van der Waals surface area contributed by atoms with Crippen molar-refractivity contribution in [3.63, 3.8) is 0 Å². The normalized spacial score (nSPS) is 11.6. The van der Waals surface area contributed by atoms with Crippen LogP contribution in [0.25, 0.3) is 0 Å². The molecule has 1 rings (SSSR count). The van der Waals surface area contributed by atoms with Crippen LogP contribution >= 0.6 is 0 Å². The number of carboxylic acid groups (broad SMARTS) is 1. The van der Waals surface area contributed by atoms with Gasteiger partial charge >= 0.3 is 5.97 Å². The molecule has 90 valence electrons. The van der Waals surface area contributed by atoms with Crippen molar-refractivity contribution < 1.29 is 9.90 Å². The van der Waals surface area contributed by atoms with Crippen LogP contribution in [0.3, 0.4) is 0 Å². The summed E-state index contributed by atoms with van der Waals surface area (Å²) in [7, 11) is 0. The third-order valence-electron chi connectivity index (χ3n) is 2.50. The molecular weight excluding hydrogens is 218 g/mol. The number of carboxylic acids is 1. The van der Waals surface area contributed by atoms with Crippen molar-refractivity contribution in [1.82, 2.24) is 4.98 Å². The molecule has 0 aliphatic carbocycles. The lowest BCUT2D eigenvalue weighted by atomic mass is 10.1. The fourth-order valence-corrected chi connectivity index (χ4v) is 1.51. The second-order valence-electron chi connectivity index (χ2n) is 3.76. The summed E-state index contributed by atoms with van der Waals surface area (Å²) in [6.07, 6.45) is 1.60. The van der Waals surface area contributed by atoms with E-state index in [1.54, 1.807) is 30.2 Å². The van der Waals surface area contributed by atoms with Gasteiger partial charge in [-0.2, -0.15) is 5.26 Å². The highest BCUT2D eigenvalue weighted by atomic mass is 16.4. The van der Waals surface area contributed by atoms with Crippen LogP contribution in [-0.4, -0.2) is 29.1 Å². The number of pyridine rings is 1. The van der Waals surface area contributed by atoms with E-state index in [0.29, 0.717) is 24.5 Å². The SMILES string of the molecule is CCN(CC(C)C(=O)O)c1ncccc1C#N. The van der Waals surface area contributed by atoms with E-state index in [2.05, 4.69) is 11.1 Å². The van der Waals surface area contributed by atoms with E-state index >= 15 is 0 Å². The minimum Gasteiger partial charge on any atom is -0.481 e. The van der Waals surface area contributed by atoms with E-state index in [0.717, 1.165) is 0 Å². The number of anilines is 1. The summed E-state index contributed by atoms with van der Waals surface area (Å²) in [5, 5.41) is 17.9. The van der Waals surface area contributed by atoms with Gasteiger partial charge < -0.3 is 10.0 Å². The molecule has 0 aromatic carbocycles. The van der Waals surface area contributed by atoms with Gasteiger partial charge in [-0.25, -0.2) is 4.98 Å². The van der Waals surface area contributed by atoms with Gasteiger partial charge in [-0.15, -0.1) is 0 Å². The van der Waals surface area contributed by atoms with Crippen molar-refractivity contribution >= 4 is 11.8 Å². The molecule has 0 saturated heterocycles. The molecule has 1 atom stereocenters. The van der Waals surface area contributed by atoms with Crippen LogP contribution in [0.1, 0.15) is 19.4 Å². The first-order valence-electron chi connectivity index (χ1n) is 5.43. The monoisotopic (exact) mass is 233 g/mol. The molecule has 0 fully saturated rings. The van der Waals surface area contributed by atoms with E-state index in [1.807, 2.05) is 6.92 Å². The summed E-state index contributed by atoms with van der Waals surface area (Å²) in [4.78, 5) is 16.8. The van der Waals surface area contributed by atoms with Crippen molar-refractivity contribution in [2.45, 2.75) is 13.8 Å². The van der Waals surface area contributed by atoms with E-state index < -0.39 is 11.9 Å². The summed E-state index contributed by atoms with van der Waals surface area (Å²) < 4.78 is 0. The highest BCUT2D eigenvalue weighted by molar-refractivity contribution is 5.70. The second-order valence-corrected chi connectivity index (χ2v) is 3.76. The molecule has 0 aliphatic heterocycles. The molecular formula is C12H15N3O2. The van der Waals surface area contributed by atoms with Crippen LogP contribution < -0.4 is 4.90 Å². The number of hydrogen-bond acceptors (Lipinski definition) is 4. The first-order valence-corrected chi connectivity index (χ1v) is 5.43. The minimum absolute atomic E-state index is 0.345. The summed E-state index contributed by atoms with van der Waals surface area (Å²) in [6, 6.07) is 5.43. The zero-order valence-corrected chi connectivity index (χ0v) is 9.92. The molecule has 1 aromatic heterocycles. The molecule has 5 heteroatoms. The lowest BCUT2D eigenvalue weighted by Crippen LogP contribution is -2.32. The average molecular weight is 233 g/mol. The van der Waals surface area contributed by atoms with Gasteiger partial charge in [0.05, 0.1) is 11.5 Å². The van der Waals surface area contributed by atoms with Crippen LogP contribution in [0.15, 0.2) is 18.3 Å². The number of carbonyl (C=O) groups is 1. The van der Waals surface area contributed by atoms with Crippen molar-refractivity contribution in [1.29, 1.82) is 5.26 Å². The number of aromatic nitrogens is 1. The van der Waals surface area contributed by atoms with Crippen LogP contribution in [0.2, 0.25) is 0 Å². The molecule has 0 saturated carbocycles. The highest BCUT2D eigenvalue weighted by Crippen LogP contribution is 2.17. The highest BCUT2D eigenvalue weighted by Gasteiger charge is 2.18. The molecule has 0 aliphatic rings. The lowest BCUT2D eigenvalue weighted by Gasteiger charge is -2.24. The number of nitriles is 1. The predicted octanol–water partition coefficient (Wildman–Crippen LogP) is 1.50. The van der Waals surface area contributed by atoms with Crippen LogP contribution in [0.5, 0.6) is 0 Å². The standard InChI is InChI=1S/C12H15N3O2/c1-3-15(8-9(2)12(16)17)11-10(7-13)5-4-6-14-11/h4-6,9H,3,8H2,1-2H3,(H,16,17). The molecule has 1 N–H and O–H groups in total. The molecule has 17 heavy (non-hydrogen) atoms. The van der Waals surface area contributed by atoms with Gasteiger partial charge in [0, 0.05) is 19.3 Å². The summed E-state index contributed by atoms with van der Waals surface area (Å²) >= 11 is 0. The smallest absolute Gasteiger partial charge is 0.308 e. The molecule has 0 bridgehead atoms.